The number of nitrogens with one attached hydrogen (secondary N) is 1. The van der Waals surface area contributed by atoms with E-state index < -0.39 is 5.97 Å². The molecule has 104 valence electrons. The lowest BCUT2D eigenvalue weighted by Crippen LogP contribution is -2.12. The highest BCUT2D eigenvalue weighted by molar-refractivity contribution is 6.03. The first-order valence-electron chi connectivity index (χ1n) is 6.22. The van der Waals surface area contributed by atoms with E-state index in [2.05, 4.69) is 5.32 Å². The normalized spacial score (nSPS) is 10.2. The summed E-state index contributed by atoms with van der Waals surface area (Å²) in [5.74, 6) is -0.880. The lowest BCUT2D eigenvalue weighted by atomic mass is 10.1. The Bertz CT molecular complexity index is 630. The molecule has 0 bridgehead atoms. The summed E-state index contributed by atoms with van der Waals surface area (Å²) in [6.07, 6.45) is 1.96. The van der Waals surface area contributed by atoms with Gasteiger partial charge in [0, 0.05) is 17.7 Å². The summed E-state index contributed by atoms with van der Waals surface area (Å²) < 4.78 is 5.12. The Kier molecular flexibility index (Phi) is 4.20. The number of aliphatic carboxylic acids is 1. The molecule has 0 unspecified atom stereocenters. The van der Waals surface area contributed by atoms with Gasteiger partial charge >= 0.3 is 5.97 Å². The van der Waals surface area contributed by atoms with E-state index in [4.69, 9.17) is 9.52 Å². The smallest absolute Gasteiger partial charge is 0.303 e. The molecule has 0 aliphatic carbocycles. The van der Waals surface area contributed by atoms with Gasteiger partial charge in [-0.1, -0.05) is 12.1 Å². The molecule has 5 heteroatoms. The maximum Gasteiger partial charge on any atom is 0.303 e. The quantitative estimate of drug-likeness (QED) is 0.877. The van der Waals surface area contributed by atoms with Crippen molar-refractivity contribution < 1.29 is 19.1 Å². The van der Waals surface area contributed by atoms with Crippen molar-refractivity contribution in [3.05, 3.63) is 53.5 Å². The average molecular weight is 273 g/mol. The van der Waals surface area contributed by atoms with Crippen LogP contribution in [0.2, 0.25) is 0 Å². The molecule has 1 amide bonds. The first-order chi connectivity index (χ1) is 9.56. The molecular formula is C15H15NO4. The minimum absolute atomic E-state index is 0.0642. The number of hydrogen-bond acceptors (Lipinski definition) is 3. The molecule has 1 aromatic heterocycles. The first-order valence-corrected chi connectivity index (χ1v) is 6.22. The standard InChI is InChI=1S/C15H15NO4/c1-10-7-8-20-14(10)15(19)16-12-4-2-3-11(9-12)5-6-13(17)18/h2-4,7-9H,5-6H2,1H3,(H,16,19)(H,17,18). The molecule has 2 N–H and O–H groups in total. The van der Waals surface area contributed by atoms with Crippen LogP contribution in [0.15, 0.2) is 41.0 Å². The summed E-state index contributed by atoms with van der Waals surface area (Å²) in [5.41, 5.74) is 2.25. The van der Waals surface area contributed by atoms with Gasteiger partial charge in [0.25, 0.3) is 5.91 Å². The van der Waals surface area contributed by atoms with E-state index in [9.17, 15) is 9.59 Å². The number of carboxylic acid groups (broad SMARTS) is 1. The van der Waals surface area contributed by atoms with Crippen molar-refractivity contribution in [2.45, 2.75) is 19.8 Å². The van der Waals surface area contributed by atoms with E-state index in [-0.39, 0.29) is 18.1 Å². The van der Waals surface area contributed by atoms with E-state index in [1.807, 2.05) is 6.07 Å². The van der Waals surface area contributed by atoms with Crippen LogP contribution in [-0.4, -0.2) is 17.0 Å². The highest BCUT2D eigenvalue weighted by Crippen LogP contribution is 2.15. The summed E-state index contributed by atoms with van der Waals surface area (Å²) in [5, 5.41) is 11.4. The summed E-state index contributed by atoms with van der Waals surface area (Å²) in [7, 11) is 0. The van der Waals surface area contributed by atoms with Crippen molar-refractivity contribution >= 4 is 17.6 Å². The van der Waals surface area contributed by atoms with E-state index >= 15 is 0 Å². The molecule has 0 aliphatic rings. The number of anilines is 1. The number of carbonyl (C=O) groups is 2. The summed E-state index contributed by atoms with van der Waals surface area (Å²) in [6.45, 7) is 1.79. The molecule has 2 rings (SSSR count). The number of carboxylic acids is 1. The molecule has 1 aromatic carbocycles. The van der Waals surface area contributed by atoms with Gasteiger partial charge in [-0.15, -0.1) is 0 Å². The van der Waals surface area contributed by atoms with Crippen molar-refractivity contribution in [3.63, 3.8) is 0 Å². The monoisotopic (exact) mass is 273 g/mol. The average Bonchev–Trinajstić information content (AvgIpc) is 2.83. The zero-order valence-corrected chi connectivity index (χ0v) is 11.1. The largest absolute Gasteiger partial charge is 0.481 e. The summed E-state index contributed by atoms with van der Waals surface area (Å²) in [4.78, 5) is 22.5. The maximum absolute atomic E-state index is 12.0. The molecule has 5 nitrogen and oxygen atoms in total. The SMILES string of the molecule is Cc1ccoc1C(=O)Nc1cccc(CCC(=O)O)c1. The van der Waals surface area contributed by atoms with Gasteiger partial charge in [0.15, 0.2) is 5.76 Å². The fourth-order valence-electron chi connectivity index (χ4n) is 1.85. The third-order valence-electron chi connectivity index (χ3n) is 2.88. The first kappa shape index (κ1) is 13.9. The number of aryl methyl sites for hydroxylation is 2. The minimum atomic E-state index is -0.842. The van der Waals surface area contributed by atoms with Crippen LogP contribution >= 0.6 is 0 Å². The molecule has 0 fully saturated rings. The fourth-order valence-corrected chi connectivity index (χ4v) is 1.85. The van der Waals surface area contributed by atoms with Crippen molar-refractivity contribution in [2.75, 3.05) is 5.32 Å². The van der Waals surface area contributed by atoms with Crippen LogP contribution in [0.4, 0.5) is 5.69 Å². The Hall–Kier alpha value is -2.56. The highest BCUT2D eigenvalue weighted by Gasteiger charge is 2.12. The zero-order chi connectivity index (χ0) is 14.5. The van der Waals surface area contributed by atoms with Crippen LogP contribution in [0.25, 0.3) is 0 Å². The predicted octanol–water partition coefficient (Wildman–Crippen LogP) is 2.86. The highest BCUT2D eigenvalue weighted by atomic mass is 16.4. The van der Waals surface area contributed by atoms with Crippen LogP contribution in [0.1, 0.15) is 28.1 Å². The third-order valence-corrected chi connectivity index (χ3v) is 2.88. The van der Waals surface area contributed by atoms with Gasteiger partial charge in [0.05, 0.1) is 6.26 Å². The lowest BCUT2D eigenvalue weighted by molar-refractivity contribution is -0.136. The second-order valence-corrected chi connectivity index (χ2v) is 4.48. The second kappa shape index (κ2) is 6.06. The molecule has 2 aromatic rings. The van der Waals surface area contributed by atoms with Crippen molar-refractivity contribution in [2.24, 2.45) is 0 Å². The number of rotatable bonds is 5. The molecule has 1 heterocycles. The van der Waals surface area contributed by atoms with Gasteiger partial charge in [0.2, 0.25) is 0 Å². The van der Waals surface area contributed by atoms with Crippen LogP contribution in [0.3, 0.4) is 0 Å². The Morgan fingerprint density at radius 2 is 2.10 bits per heavy atom. The zero-order valence-electron chi connectivity index (χ0n) is 11.1. The van der Waals surface area contributed by atoms with Crippen LogP contribution in [0.5, 0.6) is 0 Å². The molecule has 0 atom stereocenters. The Morgan fingerprint density at radius 3 is 2.75 bits per heavy atom. The number of benzene rings is 1. The number of furan rings is 1. The van der Waals surface area contributed by atoms with Crippen LogP contribution < -0.4 is 5.32 Å². The molecule has 0 saturated carbocycles. The van der Waals surface area contributed by atoms with E-state index in [0.29, 0.717) is 12.1 Å². The molecule has 0 radical (unpaired) electrons. The van der Waals surface area contributed by atoms with Crippen molar-refractivity contribution in [1.82, 2.24) is 0 Å². The molecule has 0 spiro atoms. The molecular weight excluding hydrogens is 258 g/mol. The molecule has 0 aliphatic heterocycles. The van der Waals surface area contributed by atoms with E-state index in [0.717, 1.165) is 11.1 Å². The van der Waals surface area contributed by atoms with Gasteiger partial charge in [-0.25, -0.2) is 0 Å². The maximum atomic E-state index is 12.0. The number of carbonyl (C=O) groups excluding carboxylic acids is 1. The van der Waals surface area contributed by atoms with Gasteiger partial charge in [-0.2, -0.15) is 0 Å². The van der Waals surface area contributed by atoms with E-state index in [1.165, 1.54) is 6.26 Å². The summed E-state index contributed by atoms with van der Waals surface area (Å²) >= 11 is 0. The fraction of sp³-hybridized carbons (Fsp3) is 0.200. The molecule has 20 heavy (non-hydrogen) atoms. The van der Waals surface area contributed by atoms with Crippen LogP contribution in [0, 0.1) is 6.92 Å². The van der Waals surface area contributed by atoms with E-state index in [1.54, 1.807) is 31.2 Å². The minimum Gasteiger partial charge on any atom is -0.481 e. The van der Waals surface area contributed by atoms with Crippen molar-refractivity contribution in [3.8, 4) is 0 Å². The second-order valence-electron chi connectivity index (χ2n) is 4.48. The lowest BCUT2D eigenvalue weighted by Gasteiger charge is -2.06. The number of hydrogen-bond donors (Lipinski definition) is 2. The number of amides is 1. The van der Waals surface area contributed by atoms with Gasteiger partial charge in [-0.05, 0) is 37.1 Å². The van der Waals surface area contributed by atoms with Gasteiger partial charge in [0.1, 0.15) is 0 Å². The summed E-state index contributed by atoms with van der Waals surface area (Å²) in [6, 6.07) is 8.84. The molecule has 0 saturated heterocycles. The Labute approximate surface area is 116 Å². The topological polar surface area (TPSA) is 79.5 Å². The predicted molar refractivity (Wildman–Crippen MR) is 73.8 cm³/mol. The van der Waals surface area contributed by atoms with Crippen molar-refractivity contribution in [1.29, 1.82) is 0 Å². The third kappa shape index (κ3) is 3.47. The van der Waals surface area contributed by atoms with Gasteiger partial charge in [-0.3, -0.25) is 9.59 Å². The Balaban J connectivity index is 2.06. The Morgan fingerprint density at radius 1 is 1.30 bits per heavy atom. The van der Waals surface area contributed by atoms with Gasteiger partial charge < -0.3 is 14.8 Å². The van der Waals surface area contributed by atoms with Crippen LogP contribution in [-0.2, 0) is 11.2 Å².